The maximum absolute atomic E-state index is 13.5. The smallest absolute Gasteiger partial charge is 0.223 e. The highest BCUT2D eigenvalue weighted by molar-refractivity contribution is 5.60. The molecule has 5 heteroatoms. The van der Waals surface area contributed by atoms with E-state index in [0.717, 1.165) is 5.56 Å². The van der Waals surface area contributed by atoms with Gasteiger partial charge in [-0.15, -0.1) is 0 Å². The van der Waals surface area contributed by atoms with Gasteiger partial charge in [-0.3, -0.25) is 0 Å². The van der Waals surface area contributed by atoms with Crippen molar-refractivity contribution < 1.29 is 4.39 Å². The third-order valence-electron chi connectivity index (χ3n) is 2.55. The number of nitrogens with two attached hydrogens (primary N) is 1. The largest absolute Gasteiger partial charge is 0.353 e. The van der Waals surface area contributed by atoms with Gasteiger partial charge in [-0.25, -0.2) is 14.4 Å². The minimum Gasteiger partial charge on any atom is -0.353 e. The van der Waals surface area contributed by atoms with Crippen molar-refractivity contribution in [2.75, 3.05) is 18.4 Å². The van der Waals surface area contributed by atoms with E-state index < -0.39 is 0 Å². The molecule has 2 rings (SSSR count). The van der Waals surface area contributed by atoms with Crippen molar-refractivity contribution in [1.82, 2.24) is 9.97 Å². The summed E-state index contributed by atoms with van der Waals surface area (Å²) in [5, 5.41) is 2.99. The summed E-state index contributed by atoms with van der Waals surface area (Å²) in [5.74, 6) is 0.265. The molecule has 0 unspecified atom stereocenters. The number of anilines is 1. The summed E-state index contributed by atoms with van der Waals surface area (Å²) in [7, 11) is 0. The van der Waals surface area contributed by atoms with Gasteiger partial charge in [0.1, 0.15) is 5.82 Å². The molecule has 0 radical (unpaired) electrons. The van der Waals surface area contributed by atoms with E-state index >= 15 is 0 Å². The van der Waals surface area contributed by atoms with Gasteiger partial charge in [0.15, 0.2) is 0 Å². The summed E-state index contributed by atoms with van der Waals surface area (Å²) >= 11 is 0. The molecule has 0 aliphatic carbocycles. The zero-order valence-corrected chi connectivity index (χ0v) is 10.2. The summed E-state index contributed by atoms with van der Waals surface area (Å²) in [6.45, 7) is 2.84. The lowest BCUT2D eigenvalue weighted by Gasteiger charge is -2.06. The van der Waals surface area contributed by atoms with Crippen LogP contribution in [0.3, 0.4) is 0 Å². The second-order valence-corrected chi connectivity index (χ2v) is 3.94. The van der Waals surface area contributed by atoms with Crippen molar-refractivity contribution in [3.63, 3.8) is 0 Å². The number of benzene rings is 1. The topological polar surface area (TPSA) is 63.8 Å². The maximum Gasteiger partial charge on any atom is 0.223 e. The van der Waals surface area contributed by atoms with E-state index in [4.69, 9.17) is 5.73 Å². The molecule has 3 N–H and O–H groups in total. The summed E-state index contributed by atoms with van der Waals surface area (Å²) in [6, 6.07) is 6.80. The molecule has 0 saturated carbocycles. The van der Waals surface area contributed by atoms with E-state index in [1.165, 1.54) is 6.07 Å². The molecule has 0 aliphatic rings. The molecule has 0 aliphatic heterocycles. The Hall–Kier alpha value is -2.01. The molecule has 0 amide bonds. The number of nitrogens with zero attached hydrogens (tertiary/aromatic N) is 2. The molecular formula is C13H15FN4. The average Bonchev–Trinajstić information content (AvgIpc) is 2.40. The fraction of sp³-hybridized carbons (Fsp3) is 0.231. The summed E-state index contributed by atoms with van der Waals surface area (Å²) in [4.78, 5) is 8.38. The third kappa shape index (κ3) is 2.81. The van der Waals surface area contributed by atoms with E-state index in [2.05, 4.69) is 15.3 Å². The molecule has 2 aromatic rings. The Balaban J connectivity index is 2.29. The molecule has 1 aromatic heterocycles. The predicted octanol–water partition coefficient (Wildman–Crippen LogP) is 1.96. The van der Waals surface area contributed by atoms with Crippen LogP contribution in [0.15, 0.2) is 30.5 Å². The first-order valence-corrected chi connectivity index (χ1v) is 5.74. The molecule has 18 heavy (non-hydrogen) atoms. The zero-order chi connectivity index (χ0) is 13.0. The first kappa shape index (κ1) is 12.4. The van der Waals surface area contributed by atoms with Crippen molar-refractivity contribution in [3.8, 4) is 11.3 Å². The predicted molar refractivity (Wildman–Crippen MR) is 69.7 cm³/mol. The Morgan fingerprint density at radius 1 is 1.33 bits per heavy atom. The first-order chi connectivity index (χ1) is 8.70. The van der Waals surface area contributed by atoms with Crippen LogP contribution in [0.4, 0.5) is 10.3 Å². The van der Waals surface area contributed by atoms with Crippen LogP contribution >= 0.6 is 0 Å². The van der Waals surface area contributed by atoms with Crippen molar-refractivity contribution in [3.05, 3.63) is 41.8 Å². The van der Waals surface area contributed by atoms with Crippen LogP contribution in [0.5, 0.6) is 0 Å². The van der Waals surface area contributed by atoms with Gasteiger partial charge in [0, 0.05) is 24.8 Å². The fourth-order valence-corrected chi connectivity index (χ4v) is 1.54. The normalized spacial score (nSPS) is 10.4. The van der Waals surface area contributed by atoms with Crippen LogP contribution in [-0.4, -0.2) is 23.1 Å². The van der Waals surface area contributed by atoms with Gasteiger partial charge in [0.05, 0.1) is 5.69 Å². The Labute approximate surface area is 105 Å². The van der Waals surface area contributed by atoms with Gasteiger partial charge in [-0.05, 0) is 24.6 Å². The molecule has 1 heterocycles. The molecule has 0 atom stereocenters. The van der Waals surface area contributed by atoms with Crippen LogP contribution in [0.1, 0.15) is 5.56 Å². The third-order valence-corrected chi connectivity index (χ3v) is 2.55. The molecule has 0 spiro atoms. The van der Waals surface area contributed by atoms with E-state index in [1.807, 2.05) is 6.07 Å². The van der Waals surface area contributed by atoms with Gasteiger partial charge >= 0.3 is 0 Å². The van der Waals surface area contributed by atoms with Gasteiger partial charge in [0.25, 0.3) is 0 Å². The van der Waals surface area contributed by atoms with Crippen LogP contribution in [0.2, 0.25) is 0 Å². The summed E-state index contributed by atoms with van der Waals surface area (Å²) in [6.07, 6.45) is 1.64. The standard InChI is InChI=1S/C13H15FN4/c1-9-2-3-10(8-11(9)14)12-4-6-16-13(18-12)17-7-5-15/h2-4,6,8H,5,7,15H2,1H3,(H,16,17,18). The molecule has 0 saturated heterocycles. The van der Waals surface area contributed by atoms with Gasteiger partial charge < -0.3 is 11.1 Å². The van der Waals surface area contributed by atoms with Gasteiger partial charge in [-0.2, -0.15) is 0 Å². The van der Waals surface area contributed by atoms with Gasteiger partial charge in [0.2, 0.25) is 5.95 Å². The number of nitrogens with one attached hydrogen (secondary N) is 1. The molecule has 94 valence electrons. The monoisotopic (exact) mass is 246 g/mol. The van der Waals surface area contributed by atoms with E-state index in [1.54, 1.807) is 25.3 Å². The van der Waals surface area contributed by atoms with Crippen molar-refractivity contribution in [1.29, 1.82) is 0 Å². The van der Waals surface area contributed by atoms with Crippen LogP contribution in [0.25, 0.3) is 11.3 Å². The molecule has 4 nitrogen and oxygen atoms in total. The Bertz CT molecular complexity index is 542. The highest BCUT2D eigenvalue weighted by Gasteiger charge is 2.04. The highest BCUT2D eigenvalue weighted by atomic mass is 19.1. The quantitative estimate of drug-likeness (QED) is 0.865. The van der Waals surface area contributed by atoms with Crippen molar-refractivity contribution in [2.24, 2.45) is 5.73 Å². The number of aryl methyl sites for hydroxylation is 1. The second-order valence-electron chi connectivity index (χ2n) is 3.94. The van der Waals surface area contributed by atoms with Crippen LogP contribution in [-0.2, 0) is 0 Å². The van der Waals surface area contributed by atoms with E-state index in [9.17, 15) is 4.39 Å². The molecule has 1 aromatic carbocycles. The Kier molecular flexibility index (Phi) is 3.84. The molecule has 0 bridgehead atoms. The zero-order valence-electron chi connectivity index (χ0n) is 10.2. The first-order valence-electron chi connectivity index (χ1n) is 5.74. The SMILES string of the molecule is Cc1ccc(-c2ccnc(NCCN)n2)cc1F. The molecule has 0 fully saturated rings. The number of aromatic nitrogens is 2. The minimum absolute atomic E-state index is 0.234. The lowest BCUT2D eigenvalue weighted by Crippen LogP contribution is -2.14. The van der Waals surface area contributed by atoms with E-state index in [-0.39, 0.29) is 5.82 Å². The van der Waals surface area contributed by atoms with Gasteiger partial charge in [-0.1, -0.05) is 12.1 Å². The van der Waals surface area contributed by atoms with Crippen LogP contribution < -0.4 is 11.1 Å². The average molecular weight is 246 g/mol. The summed E-state index contributed by atoms with van der Waals surface area (Å²) < 4.78 is 13.5. The number of hydrogen-bond donors (Lipinski definition) is 2. The minimum atomic E-state index is -0.234. The lowest BCUT2D eigenvalue weighted by atomic mass is 10.1. The number of rotatable bonds is 4. The number of halogens is 1. The number of hydrogen-bond acceptors (Lipinski definition) is 4. The van der Waals surface area contributed by atoms with Crippen LogP contribution in [0, 0.1) is 12.7 Å². The highest BCUT2D eigenvalue weighted by Crippen LogP contribution is 2.20. The van der Waals surface area contributed by atoms with E-state index in [0.29, 0.717) is 30.3 Å². The second kappa shape index (κ2) is 5.55. The van der Waals surface area contributed by atoms with Crippen molar-refractivity contribution in [2.45, 2.75) is 6.92 Å². The lowest BCUT2D eigenvalue weighted by molar-refractivity contribution is 0.619. The fourth-order valence-electron chi connectivity index (χ4n) is 1.54. The maximum atomic E-state index is 13.5. The Morgan fingerprint density at radius 2 is 2.17 bits per heavy atom. The summed E-state index contributed by atoms with van der Waals surface area (Å²) in [5.41, 5.74) is 7.43. The Morgan fingerprint density at radius 3 is 2.89 bits per heavy atom. The molecular weight excluding hydrogens is 231 g/mol. The van der Waals surface area contributed by atoms with Crippen molar-refractivity contribution >= 4 is 5.95 Å².